The first-order valence-corrected chi connectivity index (χ1v) is 3.84. The molecule has 0 aromatic heterocycles. The van der Waals surface area contributed by atoms with Gasteiger partial charge in [0, 0.05) is 7.11 Å². The fourth-order valence-corrected chi connectivity index (χ4v) is 0.564. The first-order valence-electron chi connectivity index (χ1n) is 3.84. The Balaban J connectivity index is 3.89. The first kappa shape index (κ1) is 13.2. The fourth-order valence-electron chi connectivity index (χ4n) is 0.564. The number of alkyl halides is 3. The van der Waals surface area contributed by atoms with Gasteiger partial charge in [-0.15, -0.1) is 0 Å². The van der Waals surface area contributed by atoms with Crippen molar-refractivity contribution in [2.24, 2.45) is 0 Å². The standard InChI is InChI=1S/C7H12F3NO3/c1-4(14-2)6(13)11-3-5(12)7(8,9)10/h4-5,12H,3H2,1-2H3,(H,11,13). The van der Waals surface area contributed by atoms with Gasteiger partial charge in [-0.3, -0.25) is 4.79 Å². The van der Waals surface area contributed by atoms with E-state index in [9.17, 15) is 18.0 Å². The number of ether oxygens (including phenoxy) is 1. The summed E-state index contributed by atoms with van der Waals surface area (Å²) in [4.78, 5) is 10.9. The molecule has 0 aliphatic heterocycles. The maximum atomic E-state index is 11.8. The Morgan fingerprint density at radius 1 is 1.57 bits per heavy atom. The molecule has 0 rings (SSSR count). The van der Waals surface area contributed by atoms with E-state index >= 15 is 0 Å². The van der Waals surface area contributed by atoms with Crippen molar-refractivity contribution in [1.82, 2.24) is 5.32 Å². The van der Waals surface area contributed by atoms with Crippen molar-refractivity contribution >= 4 is 5.91 Å². The van der Waals surface area contributed by atoms with E-state index in [-0.39, 0.29) is 0 Å². The number of hydrogen-bond acceptors (Lipinski definition) is 3. The molecule has 0 saturated carbocycles. The van der Waals surface area contributed by atoms with Crippen LogP contribution in [-0.2, 0) is 9.53 Å². The fraction of sp³-hybridized carbons (Fsp3) is 0.857. The van der Waals surface area contributed by atoms with Crippen molar-refractivity contribution in [3.63, 3.8) is 0 Å². The molecule has 0 heterocycles. The molecule has 7 heteroatoms. The largest absolute Gasteiger partial charge is 0.416 e. The van der Waals surface area contributed by atoms with E-state index in [0.29, 0.717) is 0 Å². The summed E-state index contributed by atoms with van der Waals surface area (Å²) in [7, 11) is 1.25. The Labute approximate surface area is 79.0 Å². The summed E-state index contributed by atoms with van der Waals surface area (Å²) in [5, 5.41) is 10.4. The van der Waals surface area contributed by atoms with Crippen LogP contribution in [0.15, 0.2) is 0 Å². The molecule has 14 heavy (non-hydrogen) atoms. The lowest BCUT2D eigenvalue weighted by molar-refractivity contribution is -0.202. The van der Waals surface area contributed by atoms with Gasteiger partial charge in [-0.1, -0.05) is 0 Å². The van der Waals surface area contributed by atoms with Crippen molar-refractivity contribution in [2.75, 3.05) is 13.7 Å². The molecular formula is C7H12F3NO3. The van der Waals surface area contributed by atoms with E-state index in [1.165, 1.54) is 14.0 Å². The van der Waals surface area contributed by atoms with Gasteiger partial charge in [0.1, 0.15) is 6.10 Å². The van der Waals surface area contributed by atoms with Crippen LogP contribution in [0, 0.1) is 0 Å². The highest BCUT2D eigenvalue weighted by atomic mass is 19.4. The van der Waals surface area contributed by atoms with Crippen LogP contribution in [0.25, 0.3) is 0 Å². The summed E-state index contributed by atoms with van der Waals surface area (Å²) in [6, 6.07) is 0. The average Bonchev–Trinajstić information content (AvgIpc) is 2.10. The predicted molar refractivity (Wildman–Crippen MR) is 41.5 cm³/mol. The van der Waals surface area contributed by atoms with Crippen LogP contribution < -0.4 is 5.32 Å². The normalized spacial score (nSPS) is 16.1. The van der Waals surface area contributed by atoms with E-state index in [1.54, 1.807) is 0 Å². The van der Waals surface area contributed by atoms with E-state index < -0.39 is 30.8 Å². The van der Waals surface area contributed by atoms with Crippen molar-refractivity contribution in [2.45, 2.75) is 25.3 Å². The van der Waals surface area contributed by atoms with Gasteiger partial charge in [-0.25, -0.2) is 0 Å². The molecule has 0 saturated heterocycles. The lowest BCUT2D eigenvalue weighted by Gasteiger charge is -2.16. The second-order valence-corrected chi connectivity index (χ2v) is 2.68. The monoisotopic (exact) mass is 215 g/mol. The molecule has 0 aliphatic rings. The summed E-state index contributed by atoms with van der Waals surface area (Å²) >= 11 is 0. The number of hydrogen-bond donors (Lipinski definition) is 2. The molecule has 4 nitrogen and oxygen atoms in total. The minimum Gasteiger partial charge on any atom is -0.382 e. The maximum absolute atomic E-state index is 11.8. The molecule has 2 unspecified atom stereocenters. The summed E-state index contributed by atoms with van der Waals surface area (Å²) in [5.41, 5.74) is 0. The summed E-state index contributed by atoms with van der Waals surface area (Å²) in [5.74, 6) is -0.698. The van der Waals surface area contributed by atoms with Crippen molar-refractivity contribution in [1.29, 1.82) is 0 Å². The number of aliphatic hydroxyl groups excluding tert-OH is 1. The second-order valence-electron chi connectivity index (χ2n) is 2.68. The third-order valence-corrected chi connectivity index (χ3v) is 1.57. The molecule has 2 atom stereocenters. The highest BCUT2D eigenvalue weighted by molar-refractivity contribution is 5.80. The summed E-state index contributed by atoms with van der Waals surface area (Å²) in [6.45, 7) is 0.519. The number of aliphatic hydroxyl groups is 1. The van der Waals surface area contributed by atoms with E-state index in [4.69, 9.17) is 5.11 Å². The van der Waals surface area contributed by atoms with Crippen molar-refractivity contribution < 1.29 is 27.8 Å². The third kappa shape index (κ3) is 4.43. The number of rotatable bonds is 4. The second kappa shape index (κ2) is 5.16. The van der Waals surface area contributed by atoms with Gasteiger partial charge in [0.2, 0.25) is 5.91 Å². The molecule has 84 valence electrons. The molecule has 0 radical (unpaired) electrons. The van der Waals surface area contributed by atoms with Crippen LogP contribution in [0.3, 0.4) is 0 Å². The number of methoxy groups -OCH3 is 1. The van der Waals surface area contributed by atoms with Gasteiger partial charge in [-0.2, -0.15) is 13.2 Å². The molecule has 1 amide bonds. The van der Waals surface area contributed by atoms with Crippen LogP contribution in [-0.4, -0.2) is 43.1 Å². The molecule has 0 aromatic carbocycles. The minimum absolute atomic E-state index is 0.698. The Morgan fingerprint density at radius 3 is 2.43 bits per heavy atom. The summed E-state index contributed by atoms with van der Waals surface area (Å²) in [6.07, 6.45) is -8.10. The third-order valence-electron chi connectivity index (χ3n) is 1.57. The number of carbonyl (C=O) groups is 1. The lowest BCUT2D eigenvalue weighted by Crippen LogP contribution is -2.43. The molecule has 0 aromatic rings. The zero-order valence-corrected chi connectivity index (χ0v) is 7.76. The highest BCUT2D eigenvalue weighted by Crippen LogP contribution is 2.19. The highest BCUT2D eigenvalue weighted by Gasteiger charge is 2.38. The van der Waals surface area contributed by atoms with Gasteiger partial charge in [0.15, 0.2) is 6.10 Å². The molecule has 0 bridgehead atoms. The van der Waals surface area contributed by atoms with Crippen LogP contribution >= 0.6 is 0 Å². The van der Waals surface area contributed by atoms with E-state index in [0.717, 1.165) is 0 Å². The number of amides is 1. The van der Waals surface area contributed by atoms with Gasteiger partial charge in [0.25, 0.3) is 0 Å². The maximum Gasteiger partial charge on any atom is 0.416 e. The van der Waals surface area contributed by atoms with Gasteiger partial charge >= 0.3 is 6.18 Å². The van der Waals surface area contributed by atoms with Crippen LogP contribution in [0.2, 0.25) is 0 Å². The number of nitrogens with one attached hydrogen (secondary N) is 1. The molecule has 0 aliphatic carbocycles. The average molecular weight is 215 g/mol. The zero-order valence-electron chi connectivity index (χ0n) is 7.76. The summed E-state index contributed by atoms with van der Waals surface area (Å²) < 4.78 is 39.8. The Bertz CT molecular complexity index is 195. The quantitative estimate of drug-likeness (QED) is 0.697. The molecular weight excluding hydrogens is 203 g/mol. The predicted octanol–water partition coefficient (Wildman–Crippen LogP) is 0.0607. The number of carbonyl (C=O) groups excluding carboxylic acids is 1. The lowest BCUT2D eigenvalue weighted by atomic mass is 10.3. The van der Waals surface area contributed by atoms with Crippen molar-refractivity contribution in [3.05, 3.63) is 0 Å². The molecule has 0 spiro atoms. The number of halogens is 3. The van der Waals surface area contributed by atoms with Crippen LogP contribution in [0.5, 0.6) is 0 Å². The smallest absolute Gasteiger partial charge is 0.382 e. The Kier molecular flexibility index (Phi) is 4.86. The van der Waals surface area contributed by atoms with Gasteiger partial charge in [-0.05, 0) is 6.92 Å². The SMILES string of the molecule is COC(C)C(=O)NCC(O)C(F)(F)F. The molecule has 2 N–H and O–H groups in total. The van der Waals surface area contributed by atoms with E-state index in [1.807, 2.05) is 5.32 Å². The topological polar surface area (TPSA) is 58.6 Å². The van der Waals surface area contributed by atoms with E-state index in [2.05, 4.69) is 4.74 Å². The Morgan fingerprint density at radius 2 is 2.07 bits per heavy atom. The van der Waals surface area contributed by atoms with Gasteiger partial charge in [0.05, 0.1) is 6.54 Å². The minimum atomic E-state index is -4.72. The zero-order chi connectivity index (χ0) is 11.4. The van der Waals surface area contributed by atoms with Crippen LogP contribution in [0.4, 0.5) is 13.2 Å². The van der Waals surface area contributed by atoms with Gasteiger partial charge < -0.3 is 15.2 Å². The first-order chi connectivity index (χ1) is 6.29. The Hall–Kier alpha value is -0.820. The van der Waals surface area contributed by atoms with Crippen LogP contribution in [0.1, 0.15) is 6.92 Å². The molecule has 0 fully saturated rings. The van der Waals surface area contributed by atoms with Crippen molar-refractivity contribution in [3.8, 4) is 0 Å².